The maximum absolute atomic E-state index is 9.25. The lowest BCUT2D eigenvalue weighted by Crippen LogP contribution is -2.11. The Morgan fingerprint density at radius 2 is 2.32 bits per heavy atom. The summed E-state index contributed by atoms with van der Waals surface area (Å²) in [4.78, 5) is 5.38. The van der Waals surface area contributed by atoms with Crippen LogP contribution in [0.4, 0.5) is 0 Å². The second-order valence-corrected chi connectivity index (χ2v) is 6.23. The Balaban J connectivity index is 2.19. The summed E-state index contributed by atoms with van der Waals surface area (Å²) in [6.07, 6.45) is 0. The summed E-state index contributed by atoms with van der Waals surface area (Å²) in [6, 6.07) is 8.29. The fourth-order valence-electron chi connectivity index (χ4n) is 1.61. The van der Waals surface area contributed by atoms with E-state index in [0.29, 0.717) is 5.56 Å². The van der Waals surface area contributed by atoms with Gasteiger partial charge in [-0.05, 0) is 31.2 Å². The zero-order valence-electron chi connectivity index (χ0n) is 10.9. The zero-order chi connectivity index (χ0) is 13.7. The van der Waals surface area contributed by atoms with Crippen molar-refractivity contribution < 1.29 is 0 Å². The molecular formula is C14H15N3S2. The van der Waals surface area contributed by atoms with Gasteiger partial charge in [-0.15, -0.1) is 11.3 Å². The third kappa shape index (κ3) is 3.80. The molecule has 0 spiro atoms. The van der Waals surface area contributed by atoms with Crippen LogP contribution in [-0.4, -0.2) is 11.5 Å². The molecule has 3 nitrogen and oxygen atoms in total. The van der Waals surface area contributed by atoms with Crippen molar-refractivity contribution >= 4 is 23.1 Å². The van der Waals surface area contributed by atoms with Gasteiger partial charge in [0.1, 0.15) is 6.07 Å². The Bertz CT molecular complexity index is 599. The van der Waals surface area contributed by atoms with Crippen LogP contribution < -0.4 is 5.32 Å². The number of aromatic nitrogens is 1. The van der Waals surface area contributed by atoms with Gasteiger partial charge in [-0.2, -0.15) is 5.26 Å². The molecule has 0 saturated heterocycles. The number of nitriles is 1. The van der Waals surface area contributed by atoms with E-state index in [4.69, 9.17) is 0 Å². The standard InChI is InChI=1S/C14H15N3S2/c1-3-16-8-11-4-5-13(12(6-11)7-15)19-14-17-10(2)9-18-14/h4-6,9,16H,3,8H2,1-2H3. The number of thiazole rings is 1. The van der Waals surface area contributed by atoms with E-state index in [2.05, 4.69) is 29.4 Å². The minimum atomic E-state index is 0.716. The number of nitrogens with zero attached hydrogens (tertiary/aromatic N) is 2. The smallest absolute Gasteiger partial charge is 0.154 e. The van der Waals surface area contributed by atoms with E-state index in [-0.39, 0.29) is 0 Å². The van der Waals surface area contributed by atoms with E-state index in [9.17, 15) is 5.26 Å². The van der Waals surface area contributed by atoms with Gasteiger partial charge in [0.25, 0.3) is 0 Å². The topological polar surface area (TPSA) is 48.7 Å². The normalized spacial score (nSPS) is 10.4. The molecule has 0 atom stereocenters. The summed E-state index contributed by atoms with van der Waals surface area (Å²) >= 11 is 3.17. The van der Waals surface area contributed by atoms with Gasteiger partial charge in [0.05, 0.1) is 5.56 Å². The lowest BCUT2D eigenvalue weighted by atomic mass is 10.1. The van der Waals surface area contributed by atoms with Crippen molar-refractivity contribution in [1.29, 1.82) is 5.26 Å². The minimum absolute atomic E-state index is 0.716. The van der Waals surface area contributed by atoms with Crippen molar-refractivity contribution in [2.75, 3.05) is 6.54 Å². The second-order valence-electron chi connectivity index (χ2n) is 4.08. The molecular weight excluding hydrogens is 274 g/mol. The van der Waals surface area contributed by atoms with Gasteiger partial charge < -0.3 is 5.32 Å². The lowest BCUT2D eigenvalue weighted by molar-refractivity contribution is 0.726. The molecule has 0 aliphatic heterocycles. The SMILES string of the molecule is CCNCc1ccc(Sc2nc(C)cs2)c(C#N)c1. The highest BCUT2D eigenvalue weighted by molar-refractivity contribution is 8.01. The van der Waals surface area contributed by atoms with Gasteiger partial charge in [-0.25, -0.2) is 4.98 Å². The third-order valence-electron chi connectivity index (χ3n) is 2.54. The van der Waals surface area contributed by atoms with E-state index in [1.807, 2.05) is 24.4 Å². The van der Waals surface area contributed by atoms with Crippen molar-refractivity contribution in [2.45, 2.75) is 29.6 Å². The van der Waals surface area contributed by atoms with Crippen LogP contribution in [0.2, 0.25) is 0 Å². The summed E-state index contributed by atoms with van der Waals surface area (Å²) in [5.41, 5.74) is 2.88. The van der Waals surface area contributed by atoms with Gasteiger partial charge in [0.2, 0.25) is 0 Å². The molecule has 1 heterocycles. The largest absolute Gasteiger partial charge is 0.313 e. The monoisotopic (exact) mass is 289 g/mol. The Kier molecular flexibility index (Phi) is 4.97. The lowest BCUT2D eigenvalue weighted by Gasteiger charge is -2.06. The highest BCUT2D eigenvalue weighted by Gasteiger charge is 2.08. The van der Waals surface area contributed by atoms with E-state index < -0.39 is 0 Å². The van der Waals surface area contributed by atoms with Crippen LogP contribution in [0.25, 0.3) is 0 Å². The Hall–Kier alpha value is -1.35. The van der Waals surface area contributed by atoms with Crippen molar-refractivity contribution in [3.8, 4) is 6.07 Å². The van der Waals surface area contributed by atoms with Crippen molar-refractivity contribution in [3.05, 3.63) is 40.4 Å². The molecule has 1 aromatic carbocycles. The molecule has 0 aliphatic rings. The average Bonchev–Trinajstić information content (AvgIpc) is 2.83. The molecule has 1 aromatic heterocycles. The first-order chi connectivity index (χ1) is 9.22. The van der Waals surface area contributed by atoms with Crippen LogP contribution in [0.1, 0.15) is 23.7 Å². The highest BCUT2D eigenvalue weighted by atomic mass is 32.2. The number of hydrogen-bond donors (Lipinski definition) is 1. The van der Waals surface area contributed by atoms with E-state index in [1.54, 1.807) is 23.1 Å². The summed E-state index contributed by atoms with van der Waals surface area (Å²) in [5, 5.41) is 14.5. The molecule has 2 aromatic rings. The van der Waals surface area contributed by atoms with Crippen LogP contribution in [0.5, 0.6) is 0 Å². The number of aryl methyl sites for hydroxylation is 1. The molecule has 0 bridgehead atoms. The number of benzene rings is 1. The highest BCUT2D eigenvalue weighted by Crippen LogP contribution is 2.32. The molecule has 98 valence electrons. The molecule has 0 saturated carbocycles. The third-order valence-corrected chi connectivity index (χ3v) is 4.67. The Labute approximate surface area is 121 Å². The molecule has 0 fully saturated rings. The Morgan fingerprint density at radius 3 is 2.95 bits per heavy atom. The summed E-state index contributed by atoms with van der Waals surface area (Å²) in [6.45, 7) is 5.77. The maximum Gasteiger partial charge on any atom is 0.154 e. The van der Waals surface area contributed by atoms with Gasteiger partial charge in [0, 0.05) is 22.5 Å². The summed E-state index contributed by atoms with van der Waals surface area (Å²) in [7, 11) is 0. The van der Waals surface area contributed by atoms with E-state index in [0.717, 1.165) is 33.6 Å². The van der Waals surface area contributed by atoms with Crippen LogP contribution in [0, 0.1) is 18.3 Å². The first-order valence-corrected chi connectivity index (χ1v) is 7.76. The first-order valence-electron chi connectivity index (χ1n) is 6.06. The summed E-state index contributed by atoms with van der Waals surface area (Å²) in [5.74, 6) is 0. The second kappa shape index (κ2) is 6.71. The van der Waals surface area contributed by atoms with Crippen molar-refractivity contribution in [1.82, 2.24) is 10.3 Å². The van der Waals surface area contributed by atoms with E-state index >= 15 is 0 Å². The quantitative estimate of drug-likeness (QED) is 0.914. The van der Waals surface area contributed by atoms with Crippen molar-refractivity contribution in [2.24, 2.45) is 0 Å². The van der Waals surface area contributed by atoms with E-state index in [1.165, 1.54) is 0 Å². The van der Waals surface area contributed by atoms with Crippen molar-refractivity contribution in [3.63, 3.8) is 0 Å². The molecule has 0 radical (unpaired) electrons. The molecule has 2 rings (SSSR count). The predicted octanol–water partition coefficient (Wildman–Crippen LogP) is 3.58. The molecule has 19 heavy (non-hydrogen) atoms. The van der Waals surface area contributed by atoms with Crippen LogP contribution in [-0.2, 0) is 6.54 Å². The first kappa shape index (κ1) is 14.1. The minimum Gasteiger partial charge on any atom is -0.313 e. The Morgan fingerprint density at radius 1 is 1.47 bits per heavy atom. The average molecular weight is 289 g/mol. The van der Waals surface area contributed by atoms with Gasteiger partial charge in [-0.3, -0.25) is 0 Å². The zero-order valence-corrected chi connectivity index (χ0v) is 12.6. The van der Waals surface area contributed by atoms with Gasteiger partial charge in [-0.1, -0.05) is 24.8 Å². The number of nitrogens with one attached hydrogen (secondary N) is 1. The number of rotatable bonds is 5. The van der Waals surface area contributed by atoms with Gasteiger partial charge >= 0.3 is 0 Å². The fraction of sp³-hybridized carbons (Fsp3) is 0.286. The van der Waals surface area contributed by atoms with Gasteiger partial charge in [0.15, 0.2) is 4.34 Å². The molecule has 5 heteroatoms. The van der Waals surface area contributed by atoms with Crippen LogP contribution in [0.15, 0.2) is 32.8 Å². The molecule has 0 amide bonds. The fourth-order valence-corrected chi connectivity index (χ4v) is 3.46. The maximum atomic E-state index is 9.25. The van der Waals surface area contributed by atoms with Crippen LogP contribution in [0.3, 0.4) is 0 Å². The van der Waals surface area contributed by atoms with Crippen LogP contribution >= 0.6 is 23.1 Å². The number of hydrogen-bond acceptors (Lipinski definition) is 5. The molecule has 0 unspecified atom stereocenters. The summed E-state index contributed by atoms with van der Waals surface area (Å²) < 4.78 is 0.980. The molecule has 0 aliphatic carbocycles. The predicted molar refractivity (Wildman–Crippen MR) is 79.5 cm³/mol. The molecule has 1 N–H and O–H groups in total.